The second-order valence-electron chi connectivity index (χ2n) is 6.36. The van der Waals surface area contributed by atoms with E-state index in [2.05, 4.69) is 24.0 Å². The third-order valence-electron chi connectivity index (χ3n) is 4.20. The van der Waals surface area contributed by atoms with Gasteiger partial charge in [0, 0.05) is 18.2 Å². The summed E-state index contributed by atoms with van der Waals surface area (Å²) < 4.78 is 8.06. The maximum Gasteiger partial charge on any atom is 0.199 e. The minimum absolute atomic E-state index is 0.133. The molecule has 2 N–H and O–H groups in total. The second-order valence-corrected chi connectivity index (χ2v) is 6.75. The molecule has 1 aromatic carbocycles. The van der Waals surface area contributed by atoms with Crippen LogP contribution in [0.3, 0.4) is 0 Å². The van der Waals surface area contributed by atoms with E-state index in [-0.39, 0.29) is 5.92 Å². The Morgan fingerprint density at radius 3 is 2.68 bits per heavy atom. The van der Waals surface area contributed by atoms with Crippen molar-refractivity contribution in [3.63, 3.8) is 0 Å². The number of aliphatic hydroxyl groups is 1. The number of nitrogens with zero attached hydrogens (tertiary/aromatic N) is 2. The lowest BCUT2D eigenvalue weighted by Gasteiger charge is -2.20. The Morgan fingerprint density at radius 1 is 1.24 bits per heavy atom. The first kappa shape index (κ1) is 19.8. The molecular weight excluding hydrogens is 334 g/mol. The normalized spacial score (nSPS) is 13.7. The fourth-order valence-electron chi connectivity index (χ4n) is 2.97. The molecule has 0 saturated heterocycles. The number of H-pyrrole nitrogens is 1. The lowest BCUT2D eigenvalue weighted by molar-refractivity contribution is 0.0281. The van der Waals surface area contributed by atoms with Crippen LogP contribution in [0.25, 0.3) is 5.69 Å². The smallest absolute Gasteiger partial charge is 0.199 e. The number of unbranched alkanes of at least 4 members (excludes halogenated alkanes) is 1. The Morgan fingerprint density at radius 2 is 2.00 bits per heavy atom. The Balaban J connectivity index is 2.22. The molecule has 0 fully saturated rings. The van der Waals surface area contributed by atoms with Crippen LogP contribution in [0.5, 0.6) is 0 Å². The van der Waals surface area contributed by atoms with Crippen molar-refractivity contribution in [2.24, 2.45) is 0 Å². The fourth-order valence-corrected chi connectivity index (χ4v) is 3.22. The van der Waals surface area contributed by atoms with Gasteiger partial charge in [0.1, 0.15) is 5.82 Å². The van der Waals surface area contributed by atoms with E-state index in [4.69, 9.17) is 17.0 Å². The van der Waals surface area contributed by atoms with Crippen LogP contribution in [0.1, 0.15) is 57.7 Å². The molecule has 0 aliphatic rings. The van der Waals surface area contributed by atoms with Crippen molar-refractivity contribution in [2.75, 3.05) is 13.2 Å². The molecule has 0 saturated carbocycles. The predicted molar refractivity (Wildman–Crippen MR) is 103 cm³/mol. The highest BCUT2D eigenvalue weighted by molar-refractivity contribution is 7.71. The molecule has 2 atom stereocenters. The van der Waals surface area contributed by atoms with Gasteiger partial charge in [-0.1, -0.05) is 44.9 Å². The summed E-state index contributed by atoms with van der Waals surface area (Å²) in [6, 6.07) is 10.00. The fraction of sp³-hybridized carbons (Fsp3) is 0.579. The van der Waals surface area contributed by atoms with Crippen molar-refractivity contribution < 1.29 is 9.84 Å². The summed E-state index contributed by atoms with van der Waals surface area (Å²) in [4.78, 5) is 0. The summed E-state index contributed by atoms with van der Waals surface area (Å²) in [5.41, 5.74) is 0.995. The molecule has 1 aromatic heterocycles. The summed E-state index contributed by atoms with van der Waals surface area (Å²) in [6.45, 7) is 5.28. The van der Waals surface area contributed by atoms with E-state index in [0.29, 0.717) is 24.4 Å². The van der Waals surface area contributed by atoms with Crippen molar-refractivity contribution in [1.82, 2.24) is 14.8 Å². The molecule has 5 nitrogen and oxygen atoms in total. The van der Waals surface area contributed by atoms with Crippen LogP contribution in [-0.2, 0) is 4.74 Å². The summed E-state index contributed by atoms with van der Waals surface area (Å²) in [6.07, 6.45) is 4.24. The number of ether oxygens (including phenoxy) is 1. The van der Waals surface area contributed by atoms with Crippen LogP contribution >= 0.6 is 12.2 Å². The van der Waals surface area contributed by atoms with Crippen molar-refractivity contribution in [3.05, 3.63) is 40.9 Å². The molecular formula is C19H29N3O2S. The van der Waals surface area contributed by atoms with Gasteiger partial charge in [-0.25, -0.2) is 0 Å². The molecule has 1 heterocycles. The topological polar surface area (TPSA) is 63.1 Å². The molecule has 138 valence electrons. The second kappa shape index (κ2) is 10.5. The number of benzene rings is 1. The number of nitrogens with one attached hydrogen (secondary N) is 1. The lowest BCUT2D eigenvalue weighted by atomic mass is 9.94. The van der Waals surface area contributed by atoms with Crippen molar-refractivity contribution >= 4 is 12.2 Å². The maximum absolute atomic E-state index is 10.4. The van der Waals surface area contributed by atoms with E-state index in [1.807, 2.05) is 34.9 Å². The van der Waals surface area contributed by atoms with Gasteiger partial charge in [-0.2, -0.15) is 5.10 Å². The molecule has 0 spiro atoms. The number of rotatable bonds is 11. The SMILES string of the molecule is CCCC[C@@H](C[C@@H](O)COCCC)c1n[nH]c(=S)n1-c1ccccc1. The van der Waals surface area contributed by atoms with Crippen molar-refractivity contribution in [3.8, 4) is 5.69 Å². The average molecular weight is 364 g/mol. The van der Waals surface area contributed by atoms with Gasteiger partial charge in [0.15, 0.2) is 4.77 Å². The van der Waals surface area contributed by atoms with Gasteiger partial charge < -0.3 is 9.84 Å². The first-order valence-electron chi connectivity index (χ1n) is 9.15. The van der Waals surface area contributed by atoms with Crippen molar-refractivity contribution in [1.29, 1.82) is 0 Å². The first-order chi connectivity index (χ1) is 12.2. The van der Waals surface area contributed by atoms with E-state index in [1.54, 1.807) is 0 Å². The van der Waals surface area contributed by atoms with Crippen LogP contribution in [0.2, 0.25) is 0 Å². The third-order valence-corrected chi connectivity index (χ3v) is 4.47. The number of aromatic amines is 1. The van der Waals surface area contributed by atoms with Crippen LogP contribution in [0.4, 0.5) is 0 Å². The minimum Gasteiger partial charge on any atom is -0.391 e. The zero-order valence-electron chi connectivity index (χ0n) is 15.1. The Labute approximate surface area is 155 Å². The molecule has 0 bridgehead atoms. The van der Waals surface area contributed by atoms with Gasteiger partial charge in [-0.05, 0) is 43.6 Å². The molecule has 0 radical (unpaired) electrons. The van der Waals surface area contributed by atoms with E-state index in [0.717, 1.165) is 37.2 Å². The Kier molecular flexibility index (Phi) is 8.31. The Bertz CT molecular complexity index is 669. The van der Waals surface area contributed by atoms with Gasteiger partial charge in [-0.15, -0.1) is 0 Å². The summed E-state index contributed by atoms with van der Waals surface area (Å²) in [5.74, 6) is 1.02. The monoisotopic (exact) mass is 363 g/mol. The number of hydrogen-bond donors (Lipinski definition) is 2. The summed E-state index contributed by atoms with van der Waals surface area (Å²) in [5, 5.41) is 17.8. The maximum atomic E-state index is 10.4. The van der Waals surface area contributed by atoms with E-state index >= 15 is 0 Å². The largest absolute Gasteiger partial charge is 0.391 e. The zero-order valence-corrected chi connectivity index (χ0v) is 16.0. The molecule has 0 aliphatic heterocycles. The van der Waals surface area contributed by atoms with Crippen LogP contribution in [0, 0.1) is 4.77 Å². The molecule has 6 heteroatoms. The number of hydrogen-bond acceptors (Lipinski definition) is 4. The van der Waals surface area contributed by atoms with Crippen LogP contribution < -0.4 is 0 Å². The van der Waals surface area contributed by atoms with E-state index in [9.17, 15) is 5.11 Å². The van der Waals surface area contributed by atoms with Crippen molar-refractivity contribution in [2.45, 2.75) is 58.0 Å². The van der Waals surface area contributed by atoms with Gasteiger partial charge in [0.25, 0.3) is 0 Å². The highest BCUT2D eigenvalue weighted by Gasteiger charge is 2.22. The zero-order chi connectivity index (χ0) is 18.1. The van der Waals surface area contributed by atoms with E-state index in [1.165, 1.54) is 0 Å². The Hall–Kier alpha value is -1.50. The number of para-hydroxylation sites is 1. The molecule has 25 heavy (non-hydrogen) atoms. The number of aliphatic hydroxyl groups excluding tert-OH is 1. The molecule has 0 amide bonds. The van der Waals surface area contributed by atoms with Gasteiger partial charge in [0.2, 0.25) is 0 Å². The minimum atomic E-state index is -0.497. The highest BCUT2D eigenvalue weighted by atomic mass is 32.1. The van der Waals surface area contributed by atoms with Crippen LogP contribution in [-0.4, -0.2) is 39.2 Å². The molecule has 0 aliphatic carbocycles. The first-order valence-corrected chi connectivity index (χ1v) is 9.56. The molecule has 2 rings (SSSR count). The average Bonchev–Trinajstić information content (AvgIpc) is 3.01. The quantitative estimate of drug-likeness (QED) is 0.459. The highest BCUT2D eigenvalue weighted by Crippen LogP contribution is 2.28. The van der Waals surface area contributed by atoms with Gasteiger partial charge in [0.05, 0.1) is 12.7 Å². The predicted octanol–water partition coefficient (Wildman–Crippen LogP) is 4.38. The van der Waals surface area contributed by atoms with E-state index < -0.39 is 6.10 Å². The van der Waals surface area contributed by atoms with Gasteiger partial charge in [-0.3, -0.25) is 9.67 Å². The summed E-state index contributed by atoms with van der Waals surface area (Å²) in [7, 11) is 0. The third kappa shape index (κ3) is 5.76. The van der Waals surface area contributed by atoms with Crippen LogP contribution in [0.15, 0.2) is 30.3 Å². The van der Waals surface area contributed by atoms with Gasteiger partial charge >= 0.3 is 0 Å². The number of aromatic nitrogens is 3. The lowest BCUT2D eigenvalue weighted by Crippen LogP contribution is -2.21. The summed E-state index contributed by atoms with van der Waals surface area (Å²) >= 11 is 5.44. The molecule has 0 unspecified atom stereocenters. The standard InChI is InChI=1S/C19H29N3O2S/c1-3-5-9-15(13-17(23)14-24-12-4-2)18-20-21-19(25)22(18)16-10-7-6-8-11-16/h6-8,10-11,15,17,23H,3-5,9,12-14H2,1-2H3,(H,21,25)/t15-,17+/m0/s1. The molecule has 2 aromatic rings.